The summed E-state index contributed by atoms with van der Waals surface area (Å²) in [4.78, 5) is 0. The fourth-order valence-electron chi connectivity index (χ4n) is 0.560. The quantitative estimate of drug-likeness (QED) is 0.401. The number of nitrogens with zero attached hydrogens (tertiary/aromatic N) is 3. The van der Waals surface area contributed by atoms with Gasteiger partial charge in [0.05, 0.1) is 5.10 Å². The molecule has 0 aliphatic heterocycles. The van der Waals surface area contributed by atoms with Crippen LogP contribution in [0.25, 0.3) is 0 Å². The van der Waals surface area contributed by atoms with Gasteiger partial charge in [0, 0.05) is 6.07 Å². The first-order valence-corrected chi connectivity index (χ1v) is 3.87. The van der Waals surface area contributed by atoms with E-state index in [0.717, 1.165) is 0 Å². The van der Waals surface area contributed by atoms with Crippen molar-refractivity contribution in [1.29, 1.82) is 0 Å². The van der Waals surface area contributed by atoms with E-state index < -0.39 is 7.25 Å². The zero-order valence-electron chi connectivity index (χ0n) is 7.74. The molecular weight excluding hydrogens is 201 g/mol. The van der Waals surface area contributed by atoms with Crippen molar-refractivity contribution in [2.75, 3.05) is 0 Å². The highest BCUT2D eigenvalue weighted by molar-refractivity contribution is 6.50. The van der Waals surface area contributed by atoms with Crippen molar-refractivity contribution in [3.63, 3.8) is 0 Å². The lowest BCUT2D eigenvalue weighted by Gasteiger charge is -1.95. The molecule has 1 aromatic heterocycles. The van der Waals surface area contributed by atoms with Crippen molar-refractivity contribution < 1.29 is 21.9 Å². The highest BCUT2D eigenvalue weighted by atomic mass is 19.5. The SMILES string of the molecule is CC(C)[n+]1cccnn1.F[B-](F)(F)F. The maximum atomic E-state index is 9.75. The molecule has 0 fully saturated rings. The van der Waals surface area contributed by atoms with Gasteiger partial charge >= 0.3 is 7.25 Å². The van der Waals surface area contributed by atoms with E-state index in [9.17, 15) is 17.3 Å². The highest BCUT2D eigenvalue weighted by Crippen LogP contribution is 2.06. The molecule has 0 radical (unpaired) electrons. The lowest BCUT2D eigenvalue weighted by atomic mass is 10.3. The summed E-state index contributed by atoms with van der Waals surface area (Å²) >= 11 is 0. The zero-order valence-corrected chi connectivity index (χ0v) is 7.74. The minimum atomic E-state index is -6.00. The number of aromatic nitrogens is 3. The third kappa shape index (κ3) is 8.89. The lowest BCUT2D eigenvalue weighted by molar-refractivity contribution is -0.776. The Morgan fingerprint density at radius 1 is 1.21 bits per heavy atom. The number of halogens is 4. The molecule has 1 rings (SSSR count). The smallest absolute Gasteiger partial charge is 0.418 e. The van der Waals surface area contributed by atoms with Crippen molar-refractivity contribution in [2.24, 2.45) is 0 Å². The number of rotatable bonds is 1. The van der Waals surface area contributed by atoms with Crippen LogP contribution in [0.15, 0.2) is 18.5 Å². The summed E-state index contributed by atoms with van der Waals surface area (Å²) in [6.07, 6.45) is 3.57. The van der Waals surface area contributed by atoms with Crippen LogP contribution < -0.4 is 4.68 Å². The molecule has 14 heavy (non-hydrogen) atoms. The molecule has 0 aliphatic carbocycles. The van der Waals surface area contributed by atoms with Gasteiger partial charge in [-0.25, -0.2) is 0 Å². The molecule has 0 saturated heterocycles. The second kappa shape index (κ2) is 5.51. The van der Waals surface area contributed by atoms with Crippen molar-refractivity contribution in [2.45, 2.75) is 19.9 Å². The molecule has 0 atom stereocenters. The standard InChI is InChI=1S/C6H10N3.BF4/c1-6(2)9-5-3-4-7-8-9;2-1(3,4)5/h3-6H,1-2H3;/q+1;-1. The first-order valence-electron chi connectivity index (χ1n) is 3.87. The normalized spacial score (nSPS) is 10.8. The van der Waals surface area contributed by atoms with Crippen LogP contribution in [0.1, 0.15) is 19.9 Å². The topological polar surface area (TPSA) is 29.7 Å². The van der Waals surface area contributed by atoms with Crippen molar-refractivity contribution >= 4 is 7.25 Å². The Hall–Kier alpha value is -1.21. The van der Waals surface area contributed by atoms with E-state index in [-0.39, 0.29) is 0 Å². The van der Waals surface area contributed by atoms with Crippen LogP contribution in [0.3, 0.4) is 0 Å². The Morgan fingerprint density at radius 2 is 1.71 bits per heavy atom. The molecule has 80 valence electrons. The van der Waals surface area contributed by atoms with Crippen LogP contribution in [0.5, 0.6) is 0 Å². The van der Waals surface area contributed by atoms with Crippen molar-refractivity contribution in [1.82, 2.24) is 10.3 Å². The molecule has 0 aromatic carbocycles. The molecule has 1 aromatic rings. The molecule has 0 aliphatic rings. The molecule has 0 N–H and O–H groups in total. The number of hydrogen-bond donors (Lipinski definition) is 0. The van der Waals surface area contributed by atoms with E-state index in [1.165, 1.54) is 0 Å². The Kier molecular flexibility index (Phi) is 5.04. The second-order valence-electron chi connectivity index (χ2n) is 2.66. The molecule has 1 heterocycles. The van der Waals surface area contributed by atoms with E-state index >= 15 is 0 Å². The van der Waals surface area contributed by atoms with Gasteiger partial charge in [-0.05, 0) is 13.8 Å². The number of hydrogen-bond acceptors (Lipinski definition) is 2. The summed E-state index contributed by atoms with van der Waals surface area (Å²) < 4.78 is 40.8. The molecule has 8 heteroatoms. The van der Waals surface area contributed by atoms with Gasteiger partial charge in [0.15, 0.2) is 6.20 Å². The maximum absolute atomic E-state index is 9.75. The third-order valence-corrected chi connectivity index (χ3v) is 1.08. The van der Waals surface area contributed by atoms with E-state index in [4.69, 9.17) is 0 Å². The van der Waals surface area contributed by atoms with E-state index in [0.29, 0.717) is 6.04 Å². The molecule has 0 unspecified atom stereocenters. The Morgan fingerprint density at radius 3 is 1.93 bits per heavy atom. The van der Waals surface area contributed by atoms with Gasteiger partial charge in [0.25, 0.3) is 0 Å². The van der Waals surface area contributed by atoms with Crippen molar-refractivity contribution in [3.8, 4) is 0 Å². The van der Waals surface area contributed by atoms with Gasteiger partial charge in [0.1, 0.15) is 17.5 Å². The molecule has 0 saturated carbocycles. The van der Waals surface area contributed by atoms with Gasteiger partial charge in [-0.3, -0.25) is 0 Å². The Labute approximate surface area is 78.9 Å². The fourth-order valence-corrected chi connectivity index (χ4v) is 0.560. The Bertz CT molecular complexity index is 245. The van der Waals surface area contributed by atoms with Crippen molar-refractivity contribution in [3.05, 3.63) is 18.5 Å². The van der Waals surface area contributed by atoms with E-state index in [1.54, 1.807) is 10.9 Å². The van der Waals surface area contributed by atoms with Crippen LogP contribution in [-0.2, 0) is 0 Å². The Balaban J connectivity index is 0.000000292. The minimum Gasteiger partial charge on any atom is -0.418 e. The fraction of sp³-hybridized carbons (Fsp3) is 0.500. The monoisotopic (exact) mass is 211 g/mol. The third-order valence-electron chi connectivity index (χ3n) is 1.08. The molecule has 0 amide bonds. The highest BCUT2D eigenvalue weighted by Gasteiger charge is 2.20. The van der Waals surface area contributed by atoms with Gasteiger partial charge in [-0.1, -0.05) is 0 Å². The van der Waals surface area contributed by atoms with Crippen LogP contribution in [0.2, 0.25) is 0 Å². The molecule has 0 spiro atoms. The summed E-state index contributed by atoms with van der Waals surface area (Å²) in [5, 5.41) is 7.56. The maximum Gasteiger partial charge on any atom is 0.673 e. The van der Waals surface area contributed by atoms with E-state index in [2.05, 4.69) is 24.2 Å². The summed E-state index contributed by atoms with van der Waals surface area (Å²) in [7, 11) is -6.00. The van der Waals surface area contributed by atoms with Gasteiger partial charge < -0.3 is 17.3 Å². The largest absolute Gasteiger partial charge is 0.673 e. The average molecular weight is 211 g/mol. The first kappa shape index (κ1) is 12.8. The van der Waals surface area contributed by atoms with E-state index in [1.807, 2.05) is 12.3 Å². The molecule has 3 nitrogen and oxygen atoms in total. The molecular formula is C6H10BF4N3. The van der Waals surface area contributed by atoms with Gasteiger partial charge in [-0.2, -0.15) is 0 Å². The predicted molar refractivity (Wildman–Crippen MR) is 42.8 cm³/mol. The molecule has 0 bridgehead atoms. The van der Waals surface area contributed by atoms with Crippen LogP contribution in [0.4, 0.5) is 17.3 Å². The summed E-state index contributed by atoms with van der Waals surface area (Å²) in [5.74, 6) is 0. The zero-order chi connectivity index (χ0) is 11.2. The van der Waals surface area contributed by atoms with Gasteiger partial charge in [-0.15, -0.1) is 4.68 Å². The summed E-state index contributed by atoms with van der Waals surface area (Å²) in [6, 6.07) is 2.27. The summed E-state index contributed by atoms with van der Waals surface area (Å²) in [6.45, 7) is 4.13. The van der Waals surface area contributed by atoms with Crippen LogP contribution in [-0.4, -0.2) is 17.6 Å². The van der Waals surface area contributed by atoms with Gasteiger partial charge in [0.2, 0.25) is 0 Å². The predicted octanol–water partition coefficient (Wildman–Crippen LogP) is 1.65. The average Bonchev–Trinajstić information content (AvgIpc) is 2.03. The minimum absolute atomic E-state index is 0.402. The van der Waals surface area contributed by atoms with Crippen LogP contribution in [0, 0.1) is 0 Å². The first-order chi connectivity index (χ1) is 6.30. The van der Waals surface area contributed by atoms with Crippen LogP contribution >= 0.6 is 0 Å². The summed E-state index contributed by atoms with van der Waals surface area (Å²) in [5.41, 5.74) is 0. The lowest BCUT2D eigenvalue weighted by Crippen LogP contribution is -2.40. The second-order valence-corrected chi connectivity index (χ2v) is 2.66.